The molecule has 23 heavy (non-hydrogen) atoms. The fourth-order valence-corrected chi connectivity index (χ4v) is 2.83. The molecule has 1 atom stereocenters. The van der Waals surface area contributed by atoms with Crippen LogP contribution in [0.1, 0.15) is 52.8 Å². The fourth-order valence-electron chi connectivity index (χ4n) is 2.83. The zero-order valence-electron chi connectivity index (χ0n) is 14.9. The van der Waals surface area contributed by atoms with Crippen molar-refractivity contribution in [1.29, 1.82) is 0 Å². The smallest absolute Gasteiger partial charge is 0.220 e. The summed E-state index contributed by atoms with van der Waals surface area (Å²) in [6.07, 6.45) is 1.31. The molecule has 0 aliphatic carbocycles. The fraction of sp³-hybridized carbons (Fsp3) is 0.381. The summed E-state index contributed by atoms with van der Waals surface area (Å²) in [6.45, 7) is 10.4. The Hall–Kier alpha value is -2.09. The molecule has 2 aromatic rings. The molecule has 1 amide bonds. The van der Waals surface area contributed by atoms with Crippen LogP contribution in [-0.4, -0.2) is 5.91 Å². The quantitative estimate of drug-likeness (QED) is 0.850. The van der Waals surface area contributed by atoms with E-state index in [0.29, 0.717) is 6.42 Å². The highest BCUT2D eigenvalue weighted by Gasteiger charge is 2.12. The average Bonchev–Trinajstić information content (AvgIpc) is 2.50. The van der Waals surface area contributed by atoms with Gasteiger partial charge < -0.3 is 5.32 Å². The first kappa shape index (κ1) is 17.3. The van der Waals surface area contributed by atoms with Crippen molar-refractivity contribution >= 4 is 5.91 Å². The van der Waals surface area contributed by atoms with E-state index < -0.39 is 0 Å². The third kappa shape index (κ3) is 4.69. The molecule has 0 aliphatic heterocycles. The summed E-state index contributed by atoms with van der Waals surface area (Å²) in [4.78, 5) is 12.2. The number of amides is 1. The number of hydrogen-bond acceptors (Lipinski definition) is 1. The van der Waals surface area contributed by atoms with Crippen molar-refractivity contribution < 1.29 is 4.79 Å². The first-order valence-corrected chi connectivity index (χ1v) is 8.29. The molecule has 0 fully saturated rings. The van der Waals surface area contributed by atoms with Crippen molar-refractivity contribution in [1.82, 2.24) is 5.32 Å². The summed E-state index contributed by atoms with van der Waals surface area (Å²) >= 11 is 0. The molecule has 2 rings (SSSR count). The molecule has 0 aromatic heterocycles. The van der Waals surface area contributed by atoms with Crippen LogP contribution in [0.4, 0.5) is 0 Å². The van der Waals surface area contributed by atoms with Crippen LogP contribution in [0.2, 0.25) is 0 Å². The first-order valence-electron chi connectivity index (χ1n) is 8.29. The van der Waals surface area contributed by atoms with Gasteiger partial charge >= 0.3 is 0 Å². The maximum Gasteiger partial charge on any atom is 0.220 e. The zero-order chi connectivity index (χ0) is 17.0. The van der Waals surface area contributed by atoms with Gasteiger partial charge in [-0.1, -0.05) is 42.0 Å². The van der Waals surface area contributed by atoms with Gasteiger partial charge in [0.05, 0.1) is 6.04 Å². The van der Waals surface area contributed by atoms with Crippen LogP contribution in [0.25, 0.3) is 0 Å². The number of benzene rings is 2. The van der Waals surface area contributed by atoms with E-state index in [2.05, 4.69) is 76.3 Å². The Kier molecular flexibility index (Phi) is 5.59. The van der Waals surface area contributed by atoms with Crippen LogP contribution in [0.5, 0.6) is 0 Å². The van der Waals surface area contributed by atoms with Gasteiger partial charge in [-0.3, -0.25) is 4.79 Å². The molecule has 0 spiro atoms. The lowest BCUT2D eigenvalue weighted by Gasteiger charge is -2.17. The van der Waals surface area contributed by atoms with E-state index in [0.717, 1.165) is 6.42 Å². The van der Waals surface area contributed by atoms with Gasteiger partial charge in [-0.05, 0) is 68.9 Å². The molecular weight excluding hydrogens is 282 g/mol. The highest BCUT2D eigenvalue weighted by molar-refractivity contribution is 5.76. The summed E-state index contributed by atoms with van der Waals surface area (Å²) in [5.74, 6) is 0.108. The Balaban J connectivity index is 1.93. The minimum Gasteiger partial charge on any atom is -0.350 e. The van der Waals surface area contributed by atoms with E-state index in [1.54, 1.807) is 0 Å². The van der Waals surface area contributed by atoms with Crippen LogP contribution in [-0.2, 0) is 11.2 Å². The number of aryl methyl sites for hydroxylation is 5. The van der Waals surface area contributed by atoms with Gasteiger partial charge in [0.1, 0.15) is 0 Å². The monoisotopic (exact) mass is 309 g/mol. The molecule has 0 aliphatic rings. The van der Waals surface area contributed by atoms with Crippen molar-refractivity contribution in [2.75, 3.05) is 0 Å². The summed E-state index contributed by atoms with van der Waals surface area (Å²) < 4.78 is 0. The Morgan fingerprint density at radius 2 is 1.65 bits per heavy atom. The summed E-state index contributed by atoms with van der Waals surface area (Å²) in [6, 6.07) is 12.8. The molecule has 2 aromatic carbocycles. The predicted octanol–water partition coefficient (Wildman–Crippen LogP) is 4.73. The van der Waals surface area contributed by atoms with Crippen LogP contribution >= 0.6 is 0 Å². The van der Waals surface area contributed by atoms with Crippen molar-refractivity contribution in [3.8, 4) is 0 Å². The second-order valence-electron chi connectivity index (χ2n) is 6.57. The van der Waals surface area contributed by atoms with Gasteiger partial charge in [0, 0.05) is 6.42 Å². The molecule has 1 unspecified atom stereocenters. The molecule has 2 nitrogen and oxygen atoms in total. The topological polar surface area (TPSA) is 29.1 Å². The van der Waals surface area contributed by atoms with E-state index in [4.69, 9.17) is 0 Å². The molecule has 122 valence electrons. The maximum atomic E-state index is 12.2. The number of rotatable bonds is 5. The molecule has 0 saturated carbocycles. The van der Waals surface area contributed by atoms with E-state index in [1.807, 2.05) is 0 Å². The Morgan fingerprint density at radius 1 is 0.957 bits per heavy atom. The van der Waals surface area contributed by atoms with Gasteiger partial charge in [-0.25, -0.2) is 0 Å². The van der Waals surface area contributed by atoms with Crippen molar-refractivity contribution in [3.05, 3.63) is 69.8 Å². The normalized spacial score (nSPS) is 12.0. The highest BCUT2D eigenvalue weighted by atomic mass is 16.1. The van der Waals surface area contributed by atoms with Crippen molar-refractivity contribution in [2.45, 2.75) is 53.5 Å². The van der Waals surface area contributed by atoms with Crippen LogP contribution < -0.4 is 5.32 Å². The second kappa shape index (κ2) is 7.45. The first-order chi connectivity index (χ1) is 10.9. The molecule has 1 N–H and O–H groups in total. The summed E-state index contributed by atoms with van der Waals surface area (Å²) in [5, 5.41) is 3.12. The van der Waals surface area contributed by atoms with Crippen LogP contribution in [0.3, 0.4) is 0 Å². The lowest BCUT2D eigenvalue weighted by Crippen LogP contribution is -2.27. The van der Waals surface area contributed by atoms with Gasteiger partial charge in [-0.15, -0.1) is 0 Å². The maximum absolute atomic E-state index is 12.2. The summed E-state index contributed by atoms with van der Waals surface area (Å²) in [5.41, 5.74) is 7.44. The average molecular weight is 309 g/mol. The zero-order valence-corrected chi connectivity index (χ0v) is 14.9. The van der Waals surface area contributed by atoms with E-state index >= 15 is 0 Å². The minimum atomic E-state index is 0.0437. The van der Waals surface area contributed by atoms with E-state index in [9.17, 15) is 4.79 Å². The Morgan fingerprint density at radius 3 is 2.35 bits per heavy atom. The molecule has 0 heterocycles. The van der Waals surface area contributed by atoms with Crippen molar-refractivity contribution in [2.24, 2.45) is 0 Å². The van der Waals surface area contributed by atoms with Gasteiger partial charge in [0.15, 0.2) is 0 Å². The molecule has 0 radical (unpaired) electrons. The minimum absolute atomic E-state index is 0.0437. The lowest BCUT2D eigenvalue weighted by molar-refractivity contribution is -0.121. The second-order valence-corrected chi connectivity index (χ2v) is 6.57. The largest absolute Gasteiger partial charge is 0.350 e. The van der Waals surface area contributed by atoms with Gasteiger partial charge in [-0.2, -0.15) is 0 Å². The molecule has 2 heteroatoms. The lowest BCUT2D eigenvalue weighted by atomic mass is 9.99. The Labute approximate surface area is 139 Å². The van der Waals surface area contributed by atoms with Crippen LogP contribution in [0.15, 0.2) is 36.4 Å². The number of carbonyl (C=O) groups is 1. The predicted molar refractivity (Wildman–Crippen MR) is 96.7 cm³/mol. The third-order valence-electron chi connectivity index (χ3n) is 4.49. The summed E-state index contributed by atoms with van der Waals surface area (Å²) in [7, 11) is 0. The Bertz CT molecular complexity index is 703. The number of nitrogens with one attached hydrogen (secondary N) is 1. The number of hydrogen-bond donors (Lipinski definition) is 1. The highest BCUT2D eigenvalue weighted by Crippen LogP contribution is 2.19. The SMILES string of the molecule is Cc1ccc(C)c(C(C)NC(=O)CCc2ccc(C)c(C)c2)c1. The van der Waals surface area contributed by atoms with Crippen molar-refractivity contribution in [3.63, 3.8) is 0 Å². The molecule has 0 bridgehead atoms. The molecule has 0 saturated heterocycles. The van der Waals surface area contributed by atoms with E-state index in [1.165, 1.54) is 33.4 Å². The van der Waals surface area contributed by atoms with Gasteiger partial charge in [0.2, 0.25) is 5.91 Å². The van der Waals surface area contributed by atoms with Crippen LogP contribution in [0, 0.1) is 27.7 Å². The van der Waals surface area contributed by atoms with E-state index in [-0.39, 0.29) is 11.9 Å². The number of carbonyl (C=O) groups excluding carboxylic acids is 1. The van der Waals surface area contributed by atoms with Gasteiger partial charge in [0.25, 0.3) is 0 Å². The third-order valence-corrected chi connectivity index (χ3v) is 4.49. The standard InChI is InChI=1S/C21H27NO/c1-14-6-7-16(3)20(12-14)18(5)22-21(23)11-10-19-9-8-15(2)17(4)13-19/h6-9,12-13,18H,10-11H2,1-5H3,(H,22,23). The molecular formula is C21H27NO.